The van der Waals surface area contributed by atoms with Crippen LogP contribution < -0.4 is 11.0 Å². The number of imidazole rings is 1. The second kappa shape index (κ2) is 12.5. The third kappa shape index (κ3) is 5.44. The van der Waals surface area contributed by atoms with Gasteiger partial charge < -0.3 is 4.74 Å². The van der Waals surface area contributed by atoms with Crippen LogP contribution in [0.3, 0.4) is 0 Å². The van der Waals surface area contributed by atoms with Crippen LogP contribution in [-0.4, -0.2) is 28.3 Å². The Morgan fingerprint density at radius 1 is 0.804 bits per heavy atom. The number of carbonyl (C=O) groups excluding carboxylic acids is 1. The van der Waals surface area contributed by atoms with Crippen molar-refractivity contribution < 1.29 is 9.53 Å². The minimum absolute atomic E-state index is 0.0695. The monoisotopic (exact) mass is 627 g/mol. The summed E-state index contributed by atoms with van der Waals surface area (Å²) in [5.41, 5.74) is 5.45. The fraction of sp³-hybridized carbons (Fsp3) is 0.179. The fourth-order valence-corrected chi connectivity index (χ4v) is 6.72. The minimum Gasteiger partial charge on any atom is -0.468 e. The molecule has 1 aromatic heterocycles. The lowest BCUT2D eigenvalue weighted by molar-refractivity contribution is -0.143. The highest BCUT2D eigenvalue weighted by Crippen LogP contribution is 2.39. The first-order chi connectivity index (χ1) is 22.5. The number of methoxy groups -OCH3 is 1. The molecule has 7 heteroatoms. The Morgan fingerprint density at radius 3 is 1.85 bits per heavy atom. The summed E-state index contributed by atoms with van der Waals surface area (Å²) in [5.74, 6) is -0.364. The molecule has 0 saturated heterocycles. The first kappa shape index (κ1) is 29.8. The first-order valence-electron chi connectivity index (χ1n) is 15.5. The number of nitrogens with zero attached hydrogens (tertiary/aromatic N) is 2. The molecule has 1 atom stereocenters. The molecule has 1 heterocycles. The Morgan fingerprint density at radius 2 is 1.35 bits per heavy atom. The van der Waals surface area contributed by atoms with E-state index in [1.807, 2.05) is 102 Å². The maximum absolute atomic E-state index is 13.6. The summed E-state index contributed by atoms with van der Waals surface area (Å²) in [6.45, 7) is 0. The van der Waals surface area contributed by atoms with Gasteiger partial charge in [0.05, 0.1) is 29.4 Å². The van der Waals surface area contributed by atoms with Gasteiger partial charge in [0.25, 0.3) is 0 Å². The number of fused-ring (bicyclic) bond motifs is 1. The third-order valence-corrected chi connectivity index (χ3v) is 9.11. The smallest absolute Gasteiger partial charge is 0.333 e. The second-order valence-corrected chi connectivity index (χ2v) is 12.2. The van der Waals surface area contributed by atoms with E-state index in [-0.39, 0.29) is 17.7 Å². The van der Waals surface area contributed by atoms with Crippen molar-refractivity contribution in [1.82, 2.24) is 14.5 Å². The molecule has 46 heavy (non-hydrogen) atoms. The lowest BCUT2D eigenvalue weighted by Crippen LogP contribution is -2.53. The van der Waals surface area contributed by atoms with Gasteiger partial charge in [-0.3, -0.25) is 19.2 Å². The number of carbonyl (C=O) groups is 1. The summed E-state index contributed by atoms with van der Waals surface area (Å²) >= 11 is 6.32. The molecule has 1 unspecified atom stereocenters. The van der Waals surface area contributed by atoms with E-state index in [4.69, 9.17) is 16.3 Å². The summed E-state index contributed by atoms with van der Waals surface area (Å²) < 4.78 is 8.98. The molecule has 0 radical (unpaired) electrons. The zero-order valence-electron chi connectivity index (χ0n) is 25.5. The molecule has 1 aliphatic carbocycles. The quantitative estimate of drug-likeness (QED) is 0.127. The zero-order valence-corrected chi connectivity index (χ0v) is 26.2. The molecule has 0 bridgehead atoms. The Labute approximate surface area is 272 Å². The molecular weight excluding hydrogens is 594 g/mol. The van der Waals surface area contributed by atoms with Crippen molar-refractivity contribution in [3.8, 4) is 5.69 Å². The van der Waals surface area contributed by atoms with Gasteiger partial charge in [-0.15, -0.1) is 0 Å². The largest absolute Gasteiger partial charge is 0.468 e. The number of halogens is 1. The van der Waals surface area contributed by atoms with Crippen LogP contribution in [-0.2, 0) is 21.5 Å². The first-order valence-corrected chi connectivity index (χ1v) is 15.9. The van der Waals surface area contributed by atoms with Crippen LogP contribution in [0.5, 0.6) is 0 Å². The minimum atomic E-state index is -0.845. The average molecular weight is 628 g/mol. The number of benzene rings is 5. The SMILES string of the molecule is COC(=O)C(Cc1ccc(-n2c(=O)n(C3CC3)c3cc(Cl)ccc32)cc1)NC(c1ccccc1)(c1ccccc1)c1ccccc1. The van der Waals surface area contributed by atoms with Crippen molar-refractivity contribution in [2.45, 2.75) is 36.9 Å². The second-order valence-electron chi connectivity index (χ2n) is 11.8. The highest BCUT2D eigenvalue weighted by Gasteiger charge is 2.40. The molecule has 230 valence electrons. The van der Waals surface area contributed by atoms with Gasteiger partial charge in [-0.2, -0.15) is 0 Å². The number of rotatable bonds is 10. The van der Waals surface area contributed by atoms with Gasteiger partial charge in [-0.25, -0.2) is 4.79 Å². The van der Waals surface area contributed by atoms with Gasteiger partial charge in [-0.1, -0.05) is 115 Å². The predicted octanol–water partition coefficient (Wildman–Crippen LogP) is 7.45. The van der Waals surface area contributed by atoms with Crippen molar-refractivity contribution in [1.29, 1.82) is 0 Å². The maximum atomic E-state index is 13.6. The number of hydrogen-bond donors (Lipinski definition) is 1. The summed E-state index contributed by atoms with van der Waals surface area (Å²) in [6.07, 6.45) is 2.35. The zero-order chi connectivity index (χ0) is 31.7. The number of hydrogen-bond acceptors (Lipinski definition) is 4. The van der Waals surface area contributed by atoms with Crippen LogP contribution in [0.25, 0.3) is 16.7 Å². The third-order valence-electron chi connectivity index (χ3n) is 8.88. The molecule has 0 spiro atoms. The van der Waals surface area contributed by atoms with Crippen LogP contribution in [0.1, 0.15) is 41.1 Å². The fourth-order valence-electron chi connectivity index (χ4n) is 6.56. The van der Waals surface area contributed by atoms with E-state index in [2.05, 4.69) is 41.7 Å². The molecular formula is C39H34ClN3O3. The van der Waals surface area contributed by atoms with Crippen molar-refractivity contribution in [3.63, 3.8) is 0 Å². The molecule has 5 aromatic carbocycles. The van der Waals surface area contributed by atoms with Crippen LogP contribution in [0.4, 0.5) is 0 Å². The van der Waals surface area contributed by atoms with Gasteiger partial charge in [0.2, 0.25) is 0 Å². The molecule has 7 rings (SSSR count). The number of ether oxygens (including phenoxy) is 1. The Kier molecular flexibility index (Phi) is 8.07. The van der Waals surface area contributed by atoms with Gasteiger partial charge in [0.15, 0.2) is 0 Å². The van der Waals surface area contributed by atoms with E-state index in [9.17, 15) is 9.59 Å². The molecule has 0 aliphatic heterocycles. The number of esters is 1. The average Bonchev–Trinajstić information content (AvgIpc) is 3.90. The summed E-state index contributed by atoms with van der Waals surface area (Å²) in [5, 5.41) is 4.38. The normalized spacial score (nSPS) is 13.9. The van der Waals surface area contributed by atoms with Gasteiger partial charge in [-0.05, 0) is 71.8 Å². The van der Waals surface area contributed by atoms with Crippen LogP contribution in [0, 0.1) is 0 Å². The lowest BCUT2D eigenvalue weighted by Gasteiger charge is -2.39. The lowest BCUT2D eigenvalue weighted by atomic mass is 9.76. The van der Waals surface area contributed by atoms with E-state index < -0.39 is 11.6 Å². The van der Waals surface area contributed by atoms with Crippen molar-refractivity contribution >= 4 is 28.6 Å². The standard InChI is InChI=1S/C39H34ClN3O3/c1-46-37(44)34(41-39(28-11-5-2-6-12-28,29-13-7-3-8-14-29)30-15-9-4-10-16-30)25-27-17-20-32(21-18-27)42-35-24-19-31(40)26-36(35)43(38(42)45)33-22-23-33/h2-21,24,26,33-34,41H,22-23,25H2,1H3. The van der Waals surface area contributed by atoms with Gasteiger partial charge >= 0.3 is 11.7 Å². The van der Waals surface area contributed by atoms with E-state index >= 15 is 0 Å². The van der Waals surface area contributed by atoms with E-state index in [0.29, 0.717) is 11.4 Å². The highest BCUT2D eigenvalue weighted by molar-refractivity contribution is 6.31. The van der Waals surface area contributed by atoms with E-state index in [0.717, 1.165) is 51.8 Å². The Hall–Kier alpha value is -4.91. The van der Waals surface area contributed by atoms with Crippen molar-refractivity contribution in [3.05, 3.63) is 171 Å². The highest BCUT2D eigenvalue weighted by atomic mass is 35.5. The van der Waals surface area contributed by atoms with Crippen molar-refractivity contribution in [2.75, 3.05) is 7.11 Å². The topological polar surface area (TPSA) is 65.3 Å². The van der Waals surface area contributed by atoms with Gasteiger partial charge in [0.1, 0.15) is 6.04 Å². The molecule has 6 nitrogen and oxygen atoms in total. The van der Waals surface area contributed by atoms with Crippen LogP contribution in [0.2, 0.25) is 5.02 Å². The van der Waals surface area contributed by atoms with Crippen molar-refractivity contribution in [2.24, 2.45) is 0 Å². The Bertz CT molecular complexity index is 1940. The van der Waals surface area contributed by atoms with E-state index in [1.165, 1.54) is 7.11 Å². The molecule has 1 fully saturated rings. The molecule has 6 aromatic rings. The molecule has 0 amide bonds. The summed E-state index contributed by atoms with van der Waals surface area (Å²) in [4.78, 5) is 27.2. The van der Waals surface area contributed by atoms with Crippen LogP contribution in [0.15, 0.2) is 138 Å². The molecule has 1 aliphatic rings. The van der Waals surface area contributed by atoms with E-state index in [1.54, 1.807) is 4.57 Å². The predicted molar refractivity (Wildman–Crippen MR) is 183 cm³/mol. The van der Waals surface area contributed by atoms with Crippen LogP contribution >= 0.6 is 11.6 Å². The Balaban J connectivity index is 1.28. The number of aromatic nitrogens is 2. The maximum Gasteiger partial charge on any atom is 0.333 e. The molecule has 1 N–H and O–H groups in total. The summed E-state index contributed by atoms with van der Waals surface area (Å²) in [7, 11) is 1.42. The van der Waals surface area contributed by atoms with Gasteiger partial charge in [0, 0.05) is 11.1 Å². The molecule has 1 saturated carbocycles. The summed E-state index contributed by atoms with van der Waals surface area (Å²) in [6, 6.07) is 43.5. The number of nitrogens with one attached hydrogen (secondary N) is 1.